The van der Waals surface area contributed by atoms with Gasteiger partial charge in [-0.15, -0.1) is 0 Å². The van der Waals surface area contributed by atoms with Crippen molar-refractivity contribution < 1.29 is 29.4 Å². The van der Waals surface area contributed by atoms with Crippen molar-refractivity contribution in [1.82, 2.24) is 26.6 Å². The molecule has 0 saturated heterocycles. The summed E-state index contributed by atoms with van der Waals surface area (Å²) < 4.78 is 0. The van der Waals surface area contributed by atoms with Gasteiger partial charge >= 0.3 is 11.9 Å². The maximum absolute atomic E-state index is 12.7. The minimum atomic E-state index is -1.18. The standard InChI is InChI=1S/C23H45N5O6/c1-6-9-16(4)27-19(14-24-5)21(31)25-13-8-10-18(23(33)34)28-22(32)17(11-12-20(29)30)26-15(3)7-2/h15-19,24,26-27H,6-14H2,1-5H3,(H,25,31)(H,28,32)(H,29,30)(H,33,34)/t15?,16?,17-,18?,19-/m0/s1. The molecule has 0 aliphatic rings. The number of hydrogen-bond donors (Lipinski definition) is 7. The Morgan fingerprint density at radius 3 is 2.00 bits per heavy atom. The van der Waals surface area contributed by atoms with Gasteiger partial charge in [-0.05, 0) is 53.0 Å². The van der Waals surface area contributed by atoms with Crippen LogP contribution < -0.4 is 26.6 Å². The molecule has 2 amide bonds. The molecule has 0 aromatic rings. The van der Waals surface area contributed by atoms with Crippen LogP contribution in [0.3, 0.4) is 0 Å². The zero-order chi connectivity index (χ0) is 26.1. The van der Waals surface area contributed by atoms with E-state index in [2.05, 4.69) is 33.5 Å². The van der Waals surface area contributed by atoms with Crippen molar-refractivity contribution in [3.05, 3.63) is 0 Å². The molecule has 34 heavy (non-hydrogen) atoms. The molecule has 3 unspecified atom stereocenters. The minimum Gasteiger partial charge on any atom is -0.481 e. The van der Waals surface area contributed by atoms with Gasteiger partial charge in [-0.2, -0.15) is 0 Å². The van der Waals surface area contributed by atoms with E-state index in [1.54, 1.807) is 7.05 Å². The number of amides is 2. The van der Waals surface area contributed by atoms with Gasteiger partial charge < -0.3 is 36.8 Å². The van der Waals surface area contributed by atoms with Crippen molar-refractivity contribution in [1.29, 1.82) is 0 Å². The minimum absolute atomic E-state index is 0.0257. The summed E-state index contributed by atoms with van der Waals surface area (Å²) in [7, 11) is 1.77. The summed E-state index contributed by atoms with van der Waals surface area (Å²) in [6.45, 7) is 8.65. The maximum Gasteiger partial charge on any atom is 0.326 e. The Kier molecular flexibility index (Phi) is 16.9. The average Bonchev–Trinajstić information content (AvgIpc) is 2.77. The van der Waals surface area contributed by atoms with E-state index in [0.717, 1.165) is 19.3 Å². The molecule has 198 valence electrons. The third kappa shape index (κ3) is 14.1. The first-order valence-corrected chi connectivity index (χ1v) is 12.2. The molecule has 0 bridgehead atoms. The molecule has 0 aromatic carbocycles. The van der Waals surface area contributed by atoms with Gasteiger partial charge in [0.15, 0.2) is 0 Å². The molecule has 0 spiro atoms. The molecule has 0 aliphatic heterocycles. The summed E-state index contributed by atoms with van der Waals surface area (Å²) in [6.07, 6.45) is 3.04. The fourth-order valence-corrected chi connectivity index (χ4v) is 3.48. The summed E-state index contributed by atoms with van der Waals surface area (Å²) in [5, 5.41) is 33.2. The fourth-order valence-electron chi connectivity index (χ4n) is 3.48. The molecule has 11 nitrogen and oxygen atoms in total. The quantitative estimate of drug-likeness (QED) is 0.120. The van der Waals surface area contributed by atoms with Crippen molar-refractivity contribution in [2.75, 3.05) is 20.1 Å². The summed E-state index contributed by atoms with van der Waals surface area (Å²) in [5.41, 5.74) is 0. The van der Waals surface area contributed by atoms with Crippen LogP contribution in [-0.2, 0) is 19.2 Å². The first-order valence-electron chi connectivity index (χ1n) is 12.2. The van der Waals surface area contributed by atoms with Gasteiger partial charge in [0.2, 0.25) is 11.8 Å². The second-order valence-electron chi connectivity index (χ2n) is 8.76. The first kappa shape index (κ1) is 31.8. The van der Waals surface area contributed by atoms with Crippen molar-refractivity contribution >= 4 is 23.8 Å². The van der Waals surface area contributed by atoms with Crippen LogP contribution in [0.15, 0.2) is 0 Å². The van der Waals surface area contributed by atoms with Gasteiger partial charge in [-0.3, -0.25) is 14.4 Å². The summed E-state index contributed by atoms with van der Waals surface area (Å²) in [4.78, 5) is 47.8. The average molecular weight is 488 g/mol. The second-order valence-corrected chi connectivity index (χ2v) is 8.76. The molecule has 0 radical (unpaired) electrons. The van der Waals surface area contributed by atoms with Crippen LogP contribution in [0.1, 0.15) is 72.6 Å². The molecular formula is C23H45N5O6. The van der Waals surface area contributed by atoms with Gasteiger partial charge in [0.05, 0.1) is 12.1 Å². The second kappa shape index (κ2) is 18.1. The Morgan fingerprint density at radius 1 is 0.824 bits per heavy atom. The Labute approximate surface area is 203 Å². The third-order valence-electron chi connectivity index (χ3n) is 5.58. The Bertz CT molecular complexity index is 633. The van der Waals surface area contributed by atoms with Crippen molar-refractivity contribution in [2.45, 2.75) is 103 Å². The number of carboxylic acids is 2. The lowest BCUT2D eigenvalue weighted by Gasteiger charge is -2.24. The molecule has 0 aliphatic carbocycles. The normalized spacial score (nSPS) is 15.6. The van der Waals surface area contributed by atoms with E-state index >= 15 is 0 Å². The lowest BCUT2D eigenvalue weighted by atomic mass is 10.1. The van der Waals surface area contributed by atoms with E-state index in [1.807, 2.05) is 20.8 Å². The van der Waals surface area contributed by atoms with Crippen LogP contribution in [-0.4, -0.2) is 84.3 Å². The van der Waals surface area contributed by atoms with Crippen molar-refractivity contribution in [3.8, 4) is 0 Å². The number of aliphatic carboxylic acids is 2. The molecular weight excluding hydrogens is 442 g/mol. The molecule has 0 fully saturated rings. The van der Waals surface area contributed by atoms with E-state index < -0.39 is 36.0 Å². The number of carbonyl (C=O) groups excluding carboxylic acids is 2. The highest BCUT2D eigenvalue weighted by molar-refractivity contribution is 5.87. The van der Waals surface area contributed by atoms with Gasteiger partial charge in [0.1, 0.15) is 6.04 Å². The highest BCUT2D eigenvalue weighted by Crippen LogP contribution is 2.05. The molecule has 5 atom stereocenters. The number of likely N-dealkylation sites (N-methyl/N-ethyl adjacent to an activating group) is 1. The van der Waals surface area contributed by atoms with Gasteiger partial charge in [-0.25, -0.2) is 4.79 Å². The van der Waals surface area contributed by atoms with Gasteiger partial charge in [0, 0.05) is 31.6 Å². The van der Waals surface area contributed by atoms with Crippen molar-refractivity contribution in [2.24, 2.45) is 0 Å². The fraction of sp³-hybridized carbons (Fsp3) is 0.826. The number of carbonyl (C=O) groups is 4. The predicted molar refractivity (Wildman–Crippen MR) is 131 cm³/mol. The molecule has 0 aromatic heterocycles. The van der Waals surface area contributed by atoms with E-state index in [9.17, 15) is 24.3 Å². The SMILES string of the molecule is CCCC(C)N[C@@H](CNC)C(=O)NCCCC(NC(=O)[C@H](CCC(=O)O)NC(C)CC)C(=O)O. The molecule has 0 rings (SSSR count). The van der Waals surface area contributed by atoms with E-state index in [-0.39, 0.29) is 43.8 Å². The van der Waals surface area contributed by atoms with Crippen LogP contribution in [0.4, 0.5) is 0 Å². The predicted octanol–water partition coefficient (Wildman–Crippen LogP) is 0.440. The summed E-state index contributed by atoms with van der Waals surface area (Å²) in [5.74, 6) is -2.91. The number of carboxylic acid groups (broad SMARTS) is 2. The highest BCUT2D eigenvalue weighted by Gasteiger charge is 2.26. The molecule has 0 heterocycles. The number of hydrogen-bond acceptors (Lipinski definition) is 7. The highest BCUT2D eigenvalue weighted by atomic mass is 16.4. The third-order valence-corrected chi connectivity index (χ3v) is 5.58. The maximum atomic E-state index is 12.7. The van der Waals surface area contributed by atoms with Crippen LogP contribution in [0.5, 0.6) is 0 Å². The van der Waals surface area contributed by atoms with E-state index in [1.165, 1.54) is 0 Å². The Morgan fingerprint density at radius 2 is 1.47 bits per heavy atom. The molecule has 11 heteroatoms. The lowest BCUT2D eigenvalue weighted by molar-refractivity contribution is -0.143. The largest absolute Gasteiger partial charge is 0.481 e. The Hall–Kier alpha value is -2.24. The number of rotatable bonds is 20. The van der Waals surface area contributed by atoms with Crippen molar-refractivity contribution in [3.63, 3.8) is 0 Å². The first-order chi connectivity index (χ1) is 16.0. The lowest BCUT2D eigenvalue weighted by Crippen LogP contribution is -2.53. The topological polar surface area (TPSA) is 169 Å². The van der Waals surface area contributed by atoms with Gasteiger partial charge in [0.25, 0.3) is 0 Å². The molecule has 7 N–H and O–H groups in total. The van der Waals surface area contributed by atoms with E-state index in [0.29, 0.717) is 13.0 Å². The number of nitrogens with one attached hydrogen (secondary N) is 5. The van der Waals surface area contributed by atoms with Crippen LogP contribution in [0.25, 0.3) is 0 Å². The van der Waals surface area contributed by atoms with Crippen LogP contribution >= 0.6 is 0 Å². The smallest absolute Gasteiger partial charge is 0.326 e. The summed E-state index contributed by atoms with van der Waals surface area (Å²) in [6, 6.07) is -2.17. The van der Waals surface area contributed by atoms with E-state index in [4.69, 9.17) is 5.11 Å². The zero-order valence-corrected chi connectivity index (χ0v) is 21.3. The van der Waals surface area contributed by atoms with Crippen LogP contribution in [0.2, 0.25) is 0 Å². The zero-order valence-electron chi connectivity index (χ0n) is 21.3. The van der Waals surface area contributed by atoms with Crippen LogP contribution in [0, 0.1) is 0 Å². The van der Waals surface area contributed by atoms with Gasteiger partial charge in [-0.1, -0.05) is 20.3 Å². The molecule has 0 saturated carbocycles. The monoisotopic (exact) mass is 487 g/mol. The summed E-state index contributed by atoms with van der Waals surface area (Å²) >= 11 is 0. The Balaban J connectivity index is 4.80.